The third-order valence-corrected chi connectivity index (χ3v) is 5.52. The largest absolute Gasteiger partial charge is 0.464 e. The first-order chi connectivity index (χ1) is 16.8. The van der Waals surface area contributed by atoms with Crippen molar-refractivity contribution >= 4 is 22.9 Å². The van der Waals surface area contributed by atoms with Crippen molar-refractivity contribution in [2.24, 2.45) is 0 Å². The number of nitrogens with zero attached hydrogens (tertiary/aromatic N) is 2. The zero-order valence-electron chi connectivity index (χ0n) is 18.6. The number of carbonyl (C=O) groups is 1. The fraction of sp³-hybridized carbons (Fsp3) is 0.107. The highest BCUT2D eigenvalue weighted by Crippen LogP contribution is 2.43. The maximum absolute atomic E-state index is 12.9. The van der Waals surface area contributed by atoms with Gasteiger partial charge in [-0.25, -0.2) is 14.8 Å². The molecule has 5 aromatic rings. The van der Waals surface area contributed by atoms with Crippen molar-refractivity contribution in [2.45, 2.75) is 13.0 Å². The summed E-state index contributed by atoms with van der Waals surface area (Å²) in [5, 5.41) is 4.02. The molecule has 2 aromatic heterocycles. The number of aromatic nitrogens is 2. The Balaban J connectivity index is 1.71. The molecule has 0 aliphatic carbocycles. The van der Waals surface area contributed by atoms with Crippen LogP contribution in [-0.2, 0) is 9.53 Å². The molecule has 0 aliphatic heterocycles. The van der Waals surface area contributed by atoms with Gasteiger partial charge in [-0.1, -0.05) is 91.0 Å². The van der Waals surface area contributed by atoms with Gasteiger partial charge in [-0.3, -0.25) is 0 Å². The number of benzene rings is 3. The van der Waals surface area contributed by atoms with Crippen LogP contribution < -0.4 is 5.32 Å². The predicted molar refractivity (Wildman–Crippen MR) is 132 cm³/mol. The molecule has 34 heavy (non-hydrogen) atoms. The van der Waals surface area contributed by atoms with Gasteiger partial charge in [-0.2, -0.15) is 0 Å². The first kappa shape index (κ1) is 21.4. The Morgan fingerprint density at radius 3 is 2.15 bits per heavy atom. The average molecular weight is 450 g/mol. The smallest absolute Gasteiger partial charge is 0.333 e. The number of rotatable bonds is 7. The standard InChI is InChI=1S/C28H23N3O3/c1-2-33-28(32)24(20-14-8-4-9-15-20)31-26-23-22(19-12-6-3-7-13-19)25(21-16-10-5-11-17-21)34-27(23)30-18-29-26/h3-18,24H,2H2,1H3,(H,29,30,31)/t24-/m0/s1. The van der Waals surface area contributed by atoms with Gasteiger partial charge in [0.15, 0.2) is 6.04 Å². The molecule has 2 heterocycles. The number of nitrogens with one attached hydrogen (secondary N) is 1. The molecule has 0 saturated carbocycles. The van der Waals surface area contributed by atoms with Crippen molar-refractivity contribution in [1.82, 2.24) is 9.97 Å². The summed E-state index contributed by atoms with van der Waals surface area (Å²) in [6.45, 7) is 2.07. The van der Waals surface area contributed by atoms with Gasteiger partial charge >= 0.3 is 5.97 Å². The molecule has 6 nitrogen and oxygen atoms in total. The van der Waals surface area contributed by atoms with Crippen LogP contribution in [0.4, 0.5) is 5.82 Å². The van der Waals surface area contributed by atoms with Gasteiger partial charge < -0.3 is 14.5 Å². The number of fused-ring (bicyclic) bond motifs is 1. The summed E-state index contributed by atoms with van der Waals surface area (Å²) in [4.78, 5) is 21.8. The van der Waals surface area contributed by atoms with E-state index in [0.717, 1.165) is 22.3 Å². The predicted octanol–water partition coefficient (Wildman–Crippen LogP) is 6.27. The van der Waals surface area contributed by atoms with Crippen LogP contribution in [0.3, 0.4) is 0 Å². The topological polar surface area (TPSA) is 77.2 Å². The van der Waals surface area contributed by atoms with Crippen molar-refractivity contribution in [1.29, 1.82) is 0 Å². The summed E-state index contributed by atoms with van der Waals surface area (Å²) in [5.74, 6) is 0.808. The molecule has 0 unspecified atom stereocenters. The van der Waals surface area contributed by atoms with Gasteiger partial charge in [-0.05, 0) is 18.1 Å². The lowest BCUT2D eigenvalue weighted by atomic mass is 9.99. The molecule has 0 radical (unpaired) electrons. The van der Waals surface area contributed by atoms with Gasteiger partial charge in [0.2, 0.25) is 5.71 Å². The molecule has 1 N–H and O–H groups in total. The summed E-state index contributed by atoms with van der Waals surface area (Å²) in [5.41, 5.74) is 3.97. The Morgan fingerprint density at radius 1 is 0.882 bits per heavy atom. The van der Waals surface area contributed by atoms with Gasteiger partial charge in [0.1, 0.15) is 17.9 Å². The van der Waals surface area contributed by atoms with Crippen LogP contribution in [0.15, 0.2) is 102 Å². The molecular formula is C28H23N3O3. The third kappa shape index (κ3) is 4.13. The van der Waals surface area contributed by atoms with Crippen LogP contribution in [0.25, 0.3) is 33.6 Å². The van der Waals surface area contributed by atoms with Gasteiger partial charge in [0.05, 0.1) is 12.0 Å². The number of carbonyl (C=O) groups excluding carboxylic acids is 1. The molecule has 0 spiro atoms. The van der Waals surface area contributed by atoms with Gasteiger partial charge in [0.25, 0.3) is 0 Å². The normalized spacial score (nSPS) is 11.8. The van der Waals surface area contributed by atoms with Crippen LogP contribution in [0.1, 0.15) is 18.5 Å². The maximum Gasteiger partial charge on any atom is 0.333 e. The van der Waals surface area contributed by atoms with Gasteiger partial charge in [-0.15, -0.1) is 0 Å². The van der Waals surface area contributed by atoms with Crippen molar-refractivity contribution in [3.8, 4) is 22.5 Å². The second-order valence-corrected chi connectivity index (χ2v) is 7.68. The molecule has 0 bridgehead atoms. The summed E-state index contributed by atoms with van der Waals surface area (Å²) in [7, 11) is 0. The van der Waals surface area contributed by atoms with Crippen LogP contribution in [0.5, 0.6) is 0 Å². The number of anilines is 1. The summed E-state index contributed by atoms with van der Waals surface area (Å²) in [6.07, 6.45) is 1.44. The van der Waals surface area contributed by atoms with E-state index in [0.29, 0.717) is 22.7 Å². The number of hydrogen-bond donors (Lipinski definition) is 1. The molecule has 6 heteroatoms. The second kappa shape index (κ2) is 9.58. The van der Waals surface area contributed by atoms with Crippen molar-refractivity contribution in [2.75, 3.05) is 11.9 Å². The lowest BCUT2D eigenvalue weighted by Crippen LogP contribution is -2.24. The number of furan rings is 1. The van der Waals surface area contributed by atoms with E-state index in [1.165, 1.54) is 6.33 Å². The Morgan fingerprint density at radius 2 is 1.50 bits per heavy atom. The SMILES string of the molecule is CCOC(=O)[C@@H](Nc1ncnc2oc(-c3ccccc3)c(-c3ccccc3)c12)c1ccccc1. The number of ether oxygens (including phenoxy) is 1. The molecular weight excluding hydrogens is 426 g/mol. The molecule has 0 fully saturated rings. The van der Waals surface area contributed by atoms with E-state index in [-0.39, 0.29) is 12.6 Å². The Bertz CT molecular complexity index is 1400. The Labute approximate surface area is 197 Å². The maximum atomic E-state index is 12.9. The highest BCUT2D eigenvalue weighted by Gasteiger charge is 2.27. The molecule has 0 aliphatic rings. The lowest BCUT2D eigenvalue weighted by Gasteiger charge is -2.18. The van der Waals surface area contributed by atoms with Gasteiger partial charge in [0, 0.05) is 11.1 Å². The molecule has 1 atom stereocenters. The highest BCUT2D eigenvalue weighted by molar-refractivity contribution is 6.06. The summed E-state index contributed by atoms with van der Waals surface area (Å²) < 4.78 is 11.6. The summed E-state index contributed by atoms with van der Waals surface area (Å²) in [6, 6.07) is 28.6. The monoisotopic (exact) mass is 449 g/mol. The second-order valence-electron chi connectivity index (χ2n) is 7.68. The molecule has 5 rings (SSSR count). The fourth-order valence-corrected chi connectivity index (χ4v) is 4.00. The lowest BCUT2D eigenvalue weighted by molar-refractivity contribution is -0.144. The Hall–Kier alpha value is -4.45. The average Bonchev–Trinajstić information content (AvgIpc) is 3.29. The van der Waals surface area contributed by atoms with Crippen LogP contribution in [-0.4, -0.2) is 22.5 Å². The van der Waals surface area contributed by atoms with E-state index in [2.05, 4.69) is 15.3 Å². The first-order valence-electron chi connectivity index (χ1n) is 11.1. The van der Waals surface area contributed by atoms with E-state index in [1.807, 2.05) is 91.0 Å². The highest BCUT2D eigenvalue weighted by atomic mass is 16.5. The van der Waals surface area contributed by atoms with E-state index in [4.69, 9.17) is 9.15 Å². The van der Waals surface area contributed by atoms with Crippen LogP contribution in [0, 0.1) is 0 Å². The minimum atomic E-state index is -0.738. The van der Waals surface area contributed by atoms with E-state index in [9.17, 15) is 4.79 Å². The fourth-order valence-electron chi connectivity index (χ4n) is 4.00. The van der Waals surface area contributed by atoms with Crippen molar-refractivity contribution in [3.63, 3.8) is 0 Å². The zero-order valence-corrected chi connectivity index (χ0v) is 18.6. The quantitative estimate of drug-likeness (QED) is 0.295. The van der Waals surface area contributed by atoms with E-state index < -0.39 is 6.04 Å². The zero-order chi connectivity index (χ0) is 23.3. The molecule has 0 saturated heterocycles. The van der Waals surface area contributed by atoms with Crippen molar-refractivity contribution in [3.05, 3.63) is 103 Å². The van der Waals surface area contributed by atoms with E-state index in [1.54, 1.807) is 6.92 Å². The summed E-state index contributed by atoms with van der Waals surface area (Å²) >= 11 is 0. The van der Waals surface area contributed by atoms with Crippen LogP contribution in [0.2, 0.25) is 0 Å². The molecule has 168 valence electrons. The third-order valence-electron chi connectivity index (χ3n) is 5.52. The molecule has 0 amide bonds. The van der Waals surface area contributed by atoms with Crippen molar-refractivity contribution < 1.29 is 13.9 Å². The van der Waals surface area contributed by atoms with Crippen LogP contribution >= 0.6 is 0 Å². The minimum absolute atomic E-state index is 0.280. The Kier molecular flexibility index (Phi) is 6.03. The minimum Gasteiger partial charge on any atom is -0.464 e. The number of esters is 1. The first-order valence-corrected chi connectivity index (χ1v) is 11.1. The number of hydrogen-bond acceptors (Lipinski definition) is 6. The molecule has 3 aromatic carbocycles. The van der Waals surface area contributed by atoms with E-state index >= 15 is 0 Å².